The minimum absolute atomic E-state index is 0.294. The summed E-state index contributed by atoms with van der Waals surface area (Å²) in [5, 5.41) is 7.24. The molecule has 29 heavy (non-hydrogen) atoms. The summed E-state index contributed by atoms with van der Waals surface area (Å²) in [4.78, 5) is 24.9. The Balaban J connectivity index is 1.95. The Labute approximate surface area is 169 Å². The fraction of sp³-hybridized carbons (Fsp3) is 0.174. The number of ether oxygens (including phenoxy) is 1. The molecule has 0 bridgehead atoms. The SMILES string of the molecule is C=CCNC(=O)[C@@H](C)OC(=O)c1cn(-c2ccccc2)nc1-c1cccc(C)c1. The average Bonchev–Trinajstić information content (AvgIpc) is 3.18. The van der Waals surface area contributed by atoms with Gasteiger partial charge in [0.15, 0.2) is 6.10 Å². The van der Waals surface area contributed by atoms with E-state index >= 15 is 0 Å². The normalized spacial score (nSPS) is 11.5. The van der Waals surface area contributed by atoms with E-state index in [0.29, 0.717) is 17.8 Å². The third-order valence-corrected chi connectivity index (χ3v) is 4.32. The molecule has 6 heteroatoms. The Morgan fingerprint density at radius 1 is 1.21 bits per heavy atom. The second-order valence-electron chi connectivity index (χ2n) is 6.62. The number of nitrogens with one attached hydrogen (secondary N) is 1. The van der Waals surface area contributed by atoms with Crippen molar-refractivity contribution in [3.8, 4) is 16.9 Å². The molecule has 0 aliphatic rings. The summed E-state index contributed by atoms with van der Waals surface area (Å²) in [6.07, 6.45) is 2.25. The van der Waals surface area contributed by atoms with Crippen molar-refractivity contribution in [2.45, 2.75) is 20.0 Å². The lowest BCUT2D eigenvalue weighted by Gasteiger charge is -2.12. The maximum Gasteiger partial charge on any atom is 0.342 e. The molecule has 0 fully saturated rings. The molecule has 1 heterocycles. The highest BCUT2D eigenvalue weighted by Crippen LogP contribution is 2.25. The van der Waals surface area contributed by atoms with Gasteiger partial charge >= 0.3 is 5.97 Å². The second-order valence-corrected chi connectivity index (χ2v) is 6.62. The molecule has 0 spiro atoms. The fourth-order valence-electron chi connectivity index (χ4n) is 2.84. The van der Waals surface area contributed by atoms with Crippen LogP contribution < -0.4 is 5.32 Å². The lowest BCUT2D eigenvalue weighted by molar-refractivity contribution is -0.128. The van der Waals surface area contributed by atoms with Crippen molar-refractivity contribution in [2.24, 2.45) is 0 Å². The minimum atomic E-state index is -0.937. The van der Waals surface area contributed by atoms with Crippen LogP contribution in [0.2, 0.25) is 0 Å². The van der Waals surface area contributed by atoms with Crippen molar-refractivity contribution in [2.75, 3.05) is 6.54 Å². The Hall–Kier alpha value is -3.67. The highest BCUT2D eigenvalue weighted by atomic mass is 16.5. The van der Waals surface area contributed by atoms with Crippen LogP contribution in [-0.2, 0) is 9.53 Å². The lowest BCUT2D eigenvalue weighted by Crippen LogP contribution is -2.35. The van der Waals surface area contributed by atoms with E-state index in [4.69, 9.17) is 4.74 Å². The first kappa shape index (κ1) is 20.1. The first-order valence-electron chi connectivity index (χ1n) is 9.31. The van der Waals surface area contributed by atoms with Crippen LogP contribution >= 0.6 is 0 Å². The molecule has 3 rings (SSSR count). The summed E-state index contributed by atoms with van der Waals surface area (Å²) in [6, 6.07) is 17.2. The Morgan fingerprint density at radius 3 is 2.66 bits per heavy atom. The van der Waals surface area contributed by atoms with Crippen LogP contribution in [0.1, 0.15) is 22.8 Å². The molecule has 3 aromatic rings. The predicted octanol–water partition coefficient (Wildman–Crippen LogP) is 3.70. The van der Waals surface area contributed by atoms with Gasteiger partial charge < -0.3 is 10.1 Å². The van der Waals surface area contributed by atoms with Crippen molar-refractivity contribution in [1.29, 1.82) is 0 Å². The van der Waals surface area contributed by atoms with Crippen molar-refractivity contribution >= 4 is 11.9 Å². The van der Waals surface area contributed by atoms with Gasteiger partial charge in [0.25, 0.3) is 5.91 Å². The topological polar surface area (TPSA) is 73.2 Å². The summed E-state index contributed by atoms with van der Waals surface area (Å²) >= 11 is 0. The molecule has 6 nitrogen and oxygen atoms in total. The molecule has 0 unspecified atom stereocenters. The van der Waals surface area contributed by atoms with Gasteiger partial charge in [-0.15, -0.1) is 6.58 Å². The van der Waals surface area contributed by atoms with Crippen molar-refractivity contribution in [3.05, 3.63) is 84.6 Å². The number of aryl methyl sites for hydroxylation is 1. The number of rotatable bonds is 7. The zero-order chi connectivity index (χ0) is 20.8. The average molecular weight is 389 g/mol. The van der Waals surface area contributed by atoms with Crippen LogP contribution in [0.4, 0.5) is 0 Å². The van der Waals surface area contributed by atoms with Gasteiger partial charge in [-0.3, -0.25) is 4.79 Å². The van der Waals surface area contributed by atoms with Gasteiger partial charge in [0.1, 0.15) is 11.3 Å². The molecule has 1 aromatic heterocycles. The number of nitrogens with zero attached hydrogens (tertiary/aromatic N) is 2. The van der Waals surface area contributed by atoms with Gasteiger partial charge in [-0.2, -0.15) is 5.10 Å². The maximum atomic E-state index is 12.9. The number of carbonyl (C=O) groups excluding carboxylic acids is 2. The van der Waals surface area contributed by atoms with Crippen LogP contribution in [-0.4, -0.2) is 34.3 Å². The van der Waals surface area contributed by atoms with E-state index in [-0.39, 0.29) is 5.91 Å². The molecule has 0 radical (unpaired) electrons. The first-order chi connectivity index (χ1) is 14.0. The smallest absolute Gasteiger partial charge is 0.342 e. The van der Waals surface area contributed by atoms with E-state index in [1.165, 1.54) is 6.92 Å². The van der Waals surface area contributed by atoms with Crippen LogP contribution in [0.25, 0.3) is 16.9 Å². The Morgan fingerprint density at radius 2 is 1.97 bits per heavy atom. The van der Waals surface area contributed by atoms with Crippen molar-refractivity contribution < 1.29 is 14.3 Å². The van der Waals surface area contributed by atoms with Crippen LogP contribution in [0.3, 0.4) is 0 Å². The fourth-order valence-corrected chi connectivity index (χ4v) is 2.84. The summed E-state index contributed by atoms with van der Waals surface area (Å²) in [7, 11) is 0. The summed E-state index contributed by atoms with van der Waals surface area (Å²) in [5.41, 5.74) is 3.46. The van der Waals surface area contributed by atoms with E-state index in [2.05, 4.69) is 17.0 Å². The second kappa shape index (κ2) is 9.01. The van der Waals surface area contributed by atoms with Gasteiger partial charge in [-0.25, -0.2) is 9.48 Å². The number of aromatic nitrogens is 2. The molecule has 148 valence electrons. The molecule has 0 aliphatic heterocycles. The minimum Gasteiger partial charge on any atom is -0.449 e. The zero-order valence-electron chi connectivity index (χ0n) is 16.5. The van der Waals surface area contributed by atoms with E-state index in [9.17, 15) is 9.59 Å². The molecule has 0 saturated carbocycles. The number of hydrogen-bond donors (Lipinski definition) is 1. The van der Waals surface area contributed by atoms with E-state index in [1.54, 1.807) is 17.0 Å². The highest BCUT2D eigenvalue weighted by Gasteiger charge is 2.24. The number of amides is 1. The molecule has 1 amide bonds. The zero-order valence-corrected chi connectivity index (χ0v) is 16.5. The van der Waals surface area contributed by atoms with Gasteiger partial charge in [-0.05, 0) is 32.0 Å². The molecule has 2 aromatic carbocycles. The Kier molecular flexibility index (Phi) is 6.24. The van der Waals surface area contributed by atoms with Gasteiger partial charge in [0.2, 0.25) is 0 Å². The number of hydrogen-bond acceptors (Lipinski definition) is 4. The number of para-hydroxylation sites is 1. The highest BCUT2D eigenvalue weighted by molar-refractivity contribution is 5.97. The number of carbonyl (C=O) groups is 2. The van der Waals surface area contributed by atoms with Crippen molar-refractivity contribution in [3.63, 3.8) is 0 Å². The first-order valence-corrected chi connectivity index (χ1v) is 9.31. The van der Waals surface area contributed by atoms with E-state index < -0.39 is 12.1 Å². The molecule has 0 saturated heterocycles. The number of esters is 1. The largest absolute Gasteiger partial charge is 0.449 e. The standard InChI is InChI=1S/C23H23N3O3/c1-4-13-24-22(27)17(3)29-23(28)20-15-26(19-11-6-5-7-12-19)25-21(20)18-10-8-9-16(2)14-18/h4-12,14-15,17H,1,13H2,2-3H3,(H,24,27)/t17-/m1/s1. The maximum absolute atomic E-state index is 12.9. The van der Waals surface area contributed by atoms with Gasteiger partial charge in [0, 0.05) is 18.3 Å². The summed E-state index contributed by atoms with van der Waals surface area (Å²) < 4.78 is 7.03. The van der Waals surface area contributed by atoms with E-state index in [1.807, 2.05) is 61.5 Å². The quantitative estimate of drug-likeness (QED) is 0.494. The van der Waals surface area contributed by atoms with Crippen LogP contribution in [0.15, 0.2) is 73.4 Å². The summed E-state index contributed by atoms with van der Waals surface area (Å²) in [6.45, 7) is 7.36. The molecule has 1 N–H and O–H groups in total. The Bertz CT molecular complexity index is 1020. The van der Waals surface area contributed by atoms with Gasteiger partial charge in [0.05, 0.1) is 5.69 Å². The molecule has 0 aliphatic carbocycles. The predicted molar refractivity (Wildman–Crippen MR) is 112 cm³/mol. The summed E-state index contributed by atoms with van der Waals surface area (Å²) in [5.74, 6) is -0.990. The third-order valence-electron chi connectivity index (χ3n) is 4.32. The molecule has 1 atom stereocenters. The van der Waals surface area contributed by atoms with Gasteiger partial charge in [-0.1, -0.05) is 48.0 Å². The molecular weight excluding hydrogens is 366 g/mol. The molecular formula is C23H23N3O3. The lowest BCUT2D eigenvalue weighted by atomic mass is 10.1. The van der Waals surface area contributed by atoms with E-state index in [0.717, 1.165) is 16.8 Å². The number of benzene rings is 2. The van der Waals surface area contributed by atoms with Crippen LogP contribution in [0.5, 0.6) is 0 Å². The monoisotopic (exact) mass is 389 g/mol. The third kappa shape index (κ3) is 4.79. The van der Waals surface area contributed by atoms with Crippen molar-refractivity contribution in [1.82, 2.24) is 15.1 Å². The van der Waals surface area contributed by atoms with Crippen LogP contribution in [0, 0.1) is 6.92 Å².